The van der Waals surface area contributed by atoms with Crippen molar-refractivity contribution in [2.24, 2.45) is 5.92 Å². The molecular weight excluding hydrogens is 232 g/mol. The van der Waals surface area contributed by atoms with Crippen LogP contribution in [0, 0.1) is 23.0 Å². The normalized spacial score (nSPS) is 19.1. The van der Waals surface area contributed by atoms with Crippen LogP contribution in [0.2, 0.25) is 0 Å². The van der Waals surface area contributed by atoms with E-state index in [-0.39, 0.29) is 17.5 Å². The monoisotopic (exact) mass is 246 g/mol. The van der Waals surface area contributed by atoms with Crippen LogP contribution in [0.3, 0.4) is 0 Å². The molecule has 18 heavy (non-hydrogen) atoms. The number of hydrogen-bond acceptors (Lipinski definition) is 3. The Morgan fingerprint density at radius 1 is 1.56 bits per heavy atom. The van der Waals surface area contributed by atoms with Gasteiger partial charge in [-0.15, -0.1) is 6.58 Å². The summed E-state index contributed by atoms with van der Waals surface area (Å²) in [4.78, 5) is 23.8. The minimum Gasteiger partial charge on any atom is -0.312 e. The van der Waals surface area contributed by atoms with Crippen LogP contribution in [-0.2, 0) is 4.79 Å². The maximum absolute atomic E-state index is 11.8. The fraction of sp³-hybridized carbons (Fsp3) is 0.308. The summed E-state index contributed by atoms with van der Waals surface area (Å²) in [6.07, 6.45) is 2.23. The highest BCUT2D eigenvalue weighted by Crippen LogP contribution is 2.29. The number of nitro groups is 1. The molecule has 5 nitrogen and oxygen atoms in total. The van der Waals surface area contributed by atoms with Crippen molar-refractivity contribution in [1.29, 1.82) is 0 Å². The van der Waals surface area contributed by atoms with Crippen LogP contribution in [0.5, 0.6) is 0 Å². The molecule has 0 spiro atoms. The van der Waals surface area contributed by atoms with Gasteiger partial charge in [-0.25, -0.2) is 0 Å². The number of rotatable bonds is 3. The SMILES string of the molecule is C=CC1CC(=O)N(c2ccc([N+](=O)[O-])c(C)c2)C1. The first-order chi connectivity index (χ1) is 8.52. The predicted octanol–water partition coefficient (Wildman–Crippen LogP) is 2.44. The van der Waals surface area contributed by atoms with Crippen molar-refractivity contribution in [3.8, 4) is 0 Å². The summed E-state index contributed by atoms with van der Waals surface area (Å²) in [5.74, 6) is 0.196. The molecule has 1 saturated heterocycles. The second kappa shape index (κ2) is 4.60. The van der Waals surface area contributed by atoms with E-state index in [1.807, 2.05) is 0 Å². The lowest BCUT2D eigenvalue weighted by Crippen LogP contribution is -2.24. The number of anilines is 1. The lowest BCUT2D eigenvalue weighted by atomic mass is 10.1. The number of benzene rings is 1. The lowest BCUT2D eigenvalue weighted by Gasteiger charge is -2.16. The first-order valence-corrected chi connectivity index (χ1v) is 5.71. The lowest BCUT2D eigenvalue weighted by molar-refractivity contribution is -0.385. The molecule has 1 fully saturated rings. The second-order valence-electron chi connectivity index (χ2n) is 4.43. The van der Waals surface area contributed by atoms with Gasteiger partial charge in [-0.1, -0.05) is 6.08 Å². The van der Waals surface area contributed by atoms with E-state index in [0.29, 0.717) is 24.2 Å². The molecule has 1 unspecified atom stereocenters. The molecule has 1 aliphatic heterocycles. The van der Waals surface area contributed by atoms with Gasteiger partial charge in [0.05, 0.1) is 4.92 Å². The maximum atomic E-state index is 11.8. The standard InChI is InChI=1S/C13H14N2O3/c1-3-10-7-13(16)14(8-10)11-4-5-12(15(17)18)9(2)6-11/h3-6,10H,1,7-8H2,2H3. The van der Waals surface area contributed by atoms with Crippen LogP contribution in [0.1, 0.15) is 12.0 Å². The first kappa shape index (κ1) is 12.3. The second-order valence-corrected chi connectivity index (χ2v) is 4.43. The average molecular weight is 246 g/mol. The zero-order valence-corrected chi connectivity index (χ0v) is 10.1. The van der Waals surface area contributed by atoms with E-state index in [1.54, 1.807) is 30.0 Å². The maximum Gasteiger partial charge on any atom is 0.272 e. The van der Waals surface area contributed by atoms with Crippen LogP contribution in [0.4, 0.5) is 11.4 Å². The van der Waals surface area contributed by atoms with Crippen molar-refractivity contribution in [2.75, 3.05) is 11.4 Å². The van der Waals surface area contributed by atoms with Gasteiger partial charge in [0.2, 0.25) is 5.91 Å². The van der Waals surface area contributed by atoms with Gasteiger partial charge >= 0.3 is 0 Å². The van der Waals surface area contributed by atoms with Gasteiger partial charge in [0.15, 0.2) is 0 Å². The van der Waals surface area contributed by atoms with E-state index in [4.69, 9.17) is 0 Å². The molecule has 1 atom stereocenters. The van der Waals surface area contributed by atoms with Gasteiger partial charge in [-0.3, -0.25) is 14.9 Å². The molecular formula is C13H14N2O3. The van der Waals surface area contributed by atoms with E-state index in [9.17, 15) is 14.9 Å². The molecule has 1 aromatic carbocycles. The van der Waals surface area contributed by atoms with Gasteiger partial charge in [0.1, 0.15) is 0 Å². The molecule has 0 N–H and O–H groups in total. The predicted molar refractivity (Wildman–Crippen MR) is 68.5 cm³/mol. The minimum absolute atomic E-state index is 0.0353. The third-order valence-corrected chi connectivity index (χ3v) is 3.18. The fourth-order valence-electron chi connectivity index (χ4n) is 2.16. The summed E-state index contributed by atoms with van der Waals surface area (Å²) in [7, 11) is 0. The number of aryl methyl sites for hydroxylation is 1. The van der Waals surface area contributed by atoms with Crippen LogP contribution < -0.4 is 4.90 Å². The fourth-order valence-corrected chi connectivity index (χ4v) is 2.16. The number of nitro benzene ring substituents is 1. The summed E-state index contributed by atoms with van der Waals surface area (Å²) >= 11 is 0. The van der Waals surface area contributed by atoms with E-state index in [1.165, 1.54) is 6.07 Å². The Morgan fingerprint density at radius 2 is 2.28 bits per heavy atom. The molecule has 94 valence electrons. The van der Waals surface area contributed by atoms with Crippen LogP contribution in [0.25, 0.3) is 0 Å². The van der Waals surface area contributed by atoms with Gasteiger partial charge in [0.25, 0.3) is 5.69 Å². The molecule has 0 radical (unpaired) electrons. The summed E-state index contributed by atoms with van der Waals surface area (Å²) in [6.45, 7) is 5.96. The van der Waals surface area contributed by atoms with Crippen LogP contribution >= 0.6 is 0 Å². The zero-order valence-electron chi connectivity index (χ0n) is 10.1. The van der Waals surface area contributed by atoms with Crippen molar-refractivity contribution in [1.82, 2.24) is 0 Å². The van der Waals surface area contributed by atoms with Crippen molar-refractivity contribution in [2.45, 2.75) is 13.3 Å². The smallest absolute Gasteiger partial charge is 0.272 e. The van der Waals surface area contributed by atoms with Gasteiger partial charge in [0, 0.05) is 36.2 Å². The summed E-state index contributed by atoms with van der Waals surface area (Å²) in [5, 5.41) is 10.7. The Labute approximate surface area is 105 Å². The largest absolute Gasteiger partial charge is 0.312 e. The van der Waals surface area contributed by atoms with Crippen LogP contribution in [0.15, 0.2) is 30.9 Å². The third-order valence-electron chi connectivity index (χ3n) is 3.18. The zero-order chi connectivity index (χ0) is 13.3. The van der Waals surface area contributed by atoms with E-state index in [2.05, 4.69) is 6.58 Å². The minimum atomic E-state index is -0.419. The van der Waals surface area contributed by atoms with E-state index in [0.717, 1.165) is 0 Å². The highest BCUT2D eigenvalue weighted by Gasteiger charge is 2.29. The molecule has 1 amide bonds. The molecule has 0 aromatic heterocycles. The third kappa shape index (κ3) is 2.11. The highest BCUT2D eigenvalue weighted by molar-refractivity contribution is 5.96. The molecule has 0 saturated carbocycles. The van der Waals surface area contributed by atoms with E-state index < -0.39 is 4.92 Å². The Hall–Kier alpha value is -2.17. The molecule has 1 aromatic rings. The van der Waals surface area contributed by atoms with Crippen molar-refractivity contribution >= 4 is 17.3 Å². The Balaban J connectivity index is 2.30. The number of carbonyl (C=O) groups is 1. The van der Waals surface area contributed by atoms with Crippen molar-refractivity contribution in [3.63, 3.8) is 0 Å². The Bertz CT molecular complexity index is 525. The molecule has 5 heteroatoms. The van der Waals surface area contributed by atoms with Gasteiger partial charge in [-0.05, 0) is 19.1 Å². The van der Waals surface area contributed by atoms with Crippen molar-refractivity contribution in [3.05, 3.63) is 46.5 Å². The molecule has 2 rings (SSSR count). The molecule has 1 heterocycles. The Kier molecular flexibility index (Phi) is 3.14. The summed E-state index contributed by atoms with van der Waals surface area (Å²) in [5.41, 5.74) is 1.35. The highest BCUT2D eigenvalue weighted by atomic mass is 16.6. The number of carbonyl (C=O) groups excluding carboxylic acids is 1. The topological polar surface area (TPSA) is 63.5 Å². The molecule has 1 aliphatic rings. The molecule has 0 aliphatic carbocycles. The quantitative estimate of drug-likeness (QED) is 0.467. The van der Waals surface area contributed by atoms with Gasteiger partial charge < -0.3 is 4.90 Å². The average Bonchev–Trinajstić information content (AvgIpc) is 2.70. The number of amides is 1. The number of nitrogens with zero attached hydrogens (tertiary/aromatic N) is 2. The van der Waals surface area contributed by atoms with E-state index >= 15 is 0 Å². The van der Waals surface area contributed by atoms with Gasteiger partial charge in [-0.2, -0.15) is 0 Å². The summed E-state index contributed by atoms with van der Waals surface area (Å²) < 4.78 is 0. The Morgan fingerprint density at radius 3 is 2.78 bits per heavy atom. The molecule has 0 bridgehead atoms. The summed E-state index contributed by atoms with van der Waals surface area (Å²) in [6, 6.07) is 4.75. The van der Waals surface area contributed by atoms with Crippen molar-refractivity contribution < 1.29 is 9.72 Å². The van der Waals surface area contributed by atoms with Crippen LogP contribution in [-0.4, -0.2) is 17.4 Å². The first-order valence-electron chi connectivity index (χ1n) is 5.71. The number of hydrogen-bond donors (Lipinski definition) is 0.